The van der Waals surface area contributed by atoms with Gasteiger partial charge in [-0.2, -0.15) is 0 Å². The Morgan fingerprint density at radius 2 is 2.33 bits per heavy atom. The van der Waals surface area contributed by atoms with Crippen LogP contribution in [-0.2, 0) is 4.79 Å². The average Bonchev–Trinajstić information content (AvgIpc) is 2.99. The van der Waals surface area contributed by atoms with Gasteiger partial charge in [0.05, 0.1) is 19.0 Å². The van der Waals surface area contributed by atoms with Crippen LogP contribution in [0.3, 0.4) is 0 Å². The van der Waals surface area contributed by atoms with Gasteiger partial charge < -0.3 is 10.1 Å². The zero-order chi connectivity index (χ0) is 10.9. The number of aromatic nitrogens is 1. The number of hydrogen-bond acceptors (Lipinski definition) is 3. The first-order chi connectivity index (χ1) is 7.14. The van der Waals surface area contributed by atoms with Crippen molar-refractivity contribution in [1.82, 2.24) is 4.98 Å². The van der Waals surface area contributed by atoms with Gasteiger partial charge in [0.2, 0.25) is 11.8 Å². The number of pyridine rings is 1. The van der Waals surface area contributed by atoms with Crippen molar-refractivity contribution in [1.29, 1.82) is 0 Å². The maximum Gasteiger partial charge on any atom is 0.241 e. The van der Waals surface area contributed by atoms with Crippen molar-refractivity contribution in [3.63, 3.8) is 0 Å². The zero-order valence-corrected chi connectivity index (χ0v) is 9.87. The maximum absolute atomic E-state index is 11.6. The SMILES string of the molecule is COc1ccc(NC(=O)C2(Br)CC2)cn1. The van der Waals surface area contributed by atoms with Gasteiger partial charge in [0.1, 0.15) is 4.32 Å². The minimum absolute atomic E-state index is 0.00512. The fourth-order valence-corrected chi connectivity index (χ4v) is 1.45. The van der Waals surface area contributed by atoms with E-state index >= 15 is 0 Å². The number of methoxy groups -OCH3 is 1. The molecular weight excluding hydrogens is 260 g/mol. The molecule has 0 aromatic carbocycles. The molecule has 1 aromatic heterocycles. The topological polar surface area (TPSA) is 51.2 Å². The van der Waals surface area contributed by atoms with Gasteiger partial charge in [0.25, 0.3) is 0 Å². The molecular formula is C10H11BrN2O2. The zero-order valence-electron chi connectivity index (χ0n) is 8.29. The van der Waals surface area contributed by atoms with Gasteiger partial charge in [-0.3, -0.25) is 4.79 Å². The molecule has 15 heavy (non-hydrogen) atoms. The second-order valence-corrected chi connectivity index (χ2v) is 5.03. The van der Waals surface area contributed by atoms with Crippen molar-refractivity contribution in [3.05, 3.63) is 18.3 Å². The number of nitrogens with zero attached hydrogens (tertiary/aromatic N) is 1. The van der Waals surface area contributed by atoms with Crippen molar-refractivity contribution < 1.29 is 9.53 Å². The van der Waals surface area contributed by atoms with Crippen molar-refractivity contribution >= 4 is 27.5 Å². The van der Waals surface area contributed by atoms with Crippen LogP contribution in [0.4, 0.5) is 5.69 Å². The van der Waals surface area contributed by atoms with Crippen LogP contribution in [0.15, 0.2) is 18.3 Å². The molecule has 80 valence electrons. The lowest BCUT2D eigenvalue weighted by Gasteiger charge is -2.08. The van der Waals surface area contributed by atoms with Gasteiger partial charge in [-0.25, -0.2) is 4.98 Å². The van der Waals surface area contributed by atoms with Crippen molar-refractivity contribution in [3.8, 4) is 5.88 Å². The molecule has 1 heterocycles. The molecule has 1 saturated carbocycles. The number of halogens is 1. The molecule has 0 spiro atoms. The third-order valence-corrected chi connectivity index (χ3v) is 3.45. The second kappa shape index (κ2) is 3.81. The number of carbonyl (C=O) groups excluding carboxylic acids is 1. The van der Waals surface area contributed by atoms with Crippen molar-refractivity contribution in [2.45, 2.75) is 17.2 Å². The number of nitrogens with one attached hydrogen (secondary N) is 1. The Balaban J connectivity index is 2.01. The van der Waals surface area contributed by atoms with E-state index in [1.807, 2.05) is 0 Å². The summed E-state index contributed by atoms with van der Waals surface area (Å²) in [5.74, 6) is 0.530. The molecule has 2 rings (SSSR count). The van der Waals surface area contributed by atoms with E-state index in [1.165, 1.54) is 0 Å². The fourth-order valence-electron chi connectivity index (χ4n) is 1.15. The summed E-state index contributed by atoms with van der Waals surface area (Å²) < 4.78 is 4.58. The highest BCUT2D eigenvalue weighted by molar-refractivity contribution is 9.10. The van der Waals surface area contributed by atoms with Crippen LogP contribution in [0, 0.1) is 0 Å². The molecule has 5 heteroatoms. The highest BCUT2D eigenvalue weighted by Crippen LogP contribution is 2.45. The van der Waals surface area contributed by atoms with Crippen LogP contribution in [0.5, 0.6) is 5.88 Å². The van der Waals surface area contributed by atoms with Gasteiger partial charge >= 0.3 is 0 Å². The third-order valence-electron chi connectivity index (χ3n) is 2.30. The predicted octanol–water partition coefficient (Wildman–Crippen LogP) is 1.96. The summed E-state index contributed by atoms with van der Waals surface area (Å²) >= 11 is 3.38. The number of ether oxygens (including phenoxy) is 1. The number of amides is 1. The van der Waals surface area contributed by atoms with Crippen LogP contribution in [0.25, 0.3) is 0 Å². The van der Waals surface area contributed by atoms with Gasteiger partial charge in [-0.1, -0.05) is 15.9 Å². The second-order valence-electron chi connectivity index (χ2n) is 3.51. The van der Waals surface area contributed by atoms with E-state index < -0.39 is 0 Å². The molecule has 0 unspecified atom stereocenters. The predicted molar refractivity (Wildman–Crippen MR) is 60.3 cm³/mol. The standard InChI is InChI=1S/C10H11BrN2O2/c1-15-8-3-2-7(6-12-8)13-9(14)10(11)4-5-10/h2-3,6H,4-5H2,1H3,(H,13,14). The van der Waals surface area contributed by atoms with E-state index in [2.05, 4.69) is 26.2 Å². The molecule has 1 aliphatic carbocycles. The van der Waals surface area contributed by atoms with E-state index in [1.54, 1.807) is 25.4 Å². The first kappa shape index (κ1) is 10.4. The summed E-state index contributed by atoms with van der Waals surface area (Å²) in [7, 11) is 1.55. The molecule has 0 atom stereocenters. The Morgan fingerprint density at radius 3 is 2.80 bits per heavy atom. The lowest BCUT2D eigenvalue weighted by Crippen LogP contribution is -2.23. The minimum atomic E-state index is -0.340. The number of hydrogen-bond donors (Lipinski definition) is 1. The smallest absolute Gasteiger partial charge is 0.241 e. The van der Waals surface area contributed by atoms with Gasteiger partial charge in [-0.15, -0.1) is 0 Å². The largest absolute Gasteiger partial charge is 0.481 e. The van der Waals surface area contributed by atoms with Crippen molar-refractivity contribution in [2.75, 3.05) is 12.4 Å². The van der Waals surface area contributed by atoms with E-state index in [0.29, 0.717) is 11.6 Å². The minimum Gasteiger partial charge on any atom is -0.481 e. The first-order valence-electron chi connectivity index (χ1n) is 4.64. The van der Waals surface area contributed by atoms with Crippen molar-refractivity contribution in [2.24, 2.45) is 0 Å². The molecule has 0 radical (unpaired) electrons. The Hall–Kier alpha value is -1.10. The van der Waals surface area contributed by atoms with E-state index in [0.717, 1.165) is 12.8 Å². The molecule has 4 nitrogen and oxygen atoms in total. The summed E-state index contributed by atoms with van der Waals surface area (Å²) in [6.45, 7) is 0. The van der Waals surface area contributed by atoms with Gasteiger partial charge in [0.15, 0.2) is 0 Å². The summed E-state index contributed by atoms with van der Waals surface area (Å²) in [4.78, 5) is 15.6. The average molecular weight is 271 g/mol. The Kier molecular flexibility index (Phi) is 2.65. The van der Waals surface area contributed by atoms with Crippen LogP contribution < -0.4 is 10.1 Å². The maximum atomic E-state index is 11.6. The van der Waals surface area contributed by atoms with Gasteiger partial charge in [-0.05, 0) is 18.9 Å². The number of carbonyl (C=O) groups is 1. The Morgan fingerprint density at radius 1 is 1.60 bits per heavy atom. The molecule has 0 saturated heterocycles. The summed E-state index contributed by atoms with van der Waals surface area (Å²) in [6.07, 6.45) is 3.36. The van der Waals surface area contributed by atoms with Crippen LogP contribution in [0.2, 0.25) is 0 Å². The normalized spacial score (nSPS) is 16.9. The van der Waals surface area contributed by atoms with Gasteiger partial charge in [0, 0.05) is 6.07 Å². The first-order valence-corrected chi connectivity index (χ1v) is 5.44. The molecule has 1 aromatic rings. The molecule has 1 amide bonds. The summed E-state index contributed by atoms with van der Waals surface area (Å²) in [6, 6.07) is 3.48. The van der Waals surface area contributed by atoms with E-state index in [9.17, 15) is 4.79 Å². The quantitative estimate of drug-likeness (QED) is 0.855. The van der Waals surface area contributed by atoms with E-state index in [4.69, 9.17) is 4.74 Å². The Labute approximate surface area is 96.2 Å². The highest BCUT2D eigenvalue weighted by Gasteiger charge is 2.47. The monoisotopic (exact) mass is 270 g/mol. The lowest BCUT2D eigenvalue weighted by atomic mass is 10.3. The number of alkyl halides is 1. The molecule has 0 bridgehead atoms. The fraction of sp³-hybridized carbons (Fsp3) is 0.400. The molecule has 1 fully saturated rings. The number of rotatable bonds is 3. The molecule has 0 aliphatic heterocycles. The third kappa shape index (κ3) is 2.28. The molecule has 1 aliphatic rings. The van der Waals surface area contributed by atoms with E-state index in [-0.39, 0.29) is 10.2 Å². The summed E-state index contributed by atoms with van der Waals surface area (Å²) in [5, 5.41) is 2.79. The summed E-state index contributed by atoms with van der Waals surface area (Å²) in [5.41, 5.74) is 0.687. The van der Waals surface area contributed by atoms with Crippen LogP contribution >= 0.6 is 15.9 Å². The highest BCUT2D eigenvalue weighted by atomic mass is 79.9. The number of anilines is 1. The lowest BCUT2D eigenvalue weighted by molar-refractivity contribution is -0.116. The Bertz CT molecular complexity index is 374. The van der Waals surface area contributed by atoms with Crippen LogP contribution in [-0.4, -0.2) is 22.3 Å². The molecule has 1 N–H and O–H groups in total. The van der Waals surface area contributed by atoms with Crippen LogP contribution in [0.1, 0.15) is 12.8 Å².